The lowest BCUT2D eigenvalue weighted by molar-refractivity contribution is -0.122. The van der Waals surface area contributed by atoms with E-state index in [-0.39, 0.29) is 17.4 Å². The van der Waals surface area contributed by atoms with Gasteiger partial charge in [-0.25, -0.2) is 4.99 Å². The number of nitrogens with zero attached hydrogens (tertiary/aromatic N) is 1. The van der Waals surface area contributed by atoms with Crippen LogP contribution in [0.4, 0.5) is 0 Å². The van der Waals surface area contributed by atoms with Crippen molar-refractivity contribution in [1.29, 1.82) is 0 Å². The molecule has 1 heterocycles. The molecule has 0 aromatic heterocycles. The highest BCUT2D eigenvalue weighted by Gasteiger charge is 2.27. The van der Waals surface area contributed by atoms with Crippen molar-refractivity contribution < 1.29 is 19.1 Å². The number of aliphatic imine (C=N–C) groups is 1. The van der Waals surface area contributed by atoms with Gasteiger partial charge in [-0.15, -0.1) is 0 Å². The van der Waals surface area contributed by atoms with Gasteiger partial charge < -0.3 is 9.47 Å². The molecule has 1 atom stereocenters. The number of carbonyl (C=O) groups is 2. The third-order valence-electron chi connectivity index (χ3n) is 1.78. The molecule has 1 rings (SSSR count). The minimum Gasteiger partial charge on any atom is -0.478 e. The summed E-state index contributed by atoms with van der Waals surface area (Å²) in [7, 11) is 0. The van der Waals surface area contributed by atoms with Crippen LogP contribution in [0.1, 0.15) is 13.8 Å². The number of hydrogen-bond acceptors (Lipinski definition) is 5. The SMILES string of the molecule is CCOC1=CC(=O)C(OCC)C(C=O)=N1. The predicted octanol–water partition coefficient (Wildman–Crippen LogP) is 0.492. The maximum absolute atomic E-state index is 11.5. The molecule has 1 unspecified atom stereocenters. The van der Waals surface area contributed by atoms with Gasteiger partial charge in [-0.2, -0.15) is 0 Å². The summed E-state index contributed by atoms with van der Waals surface area (Å²) < 4.78 is 10.2. The average Bonchev–Trinajstić information content (AvgIpc) is 2.22. The molecule has 5 nitrogen and oxygen atoms in total. The van der Waals surface area contributed by atoms with E-state index in [0.29, 0.717) is 19.5 Å². The monoisotopic (exact) mass is 211 g/mol. The van der Waals surface area contributed by atoms with E-state index in [9.17, 15) is 9.59 Å². The first kappa shape index (κ1) is 11.6. The van der Waals surface area contributed by atoms with Gasteiger partial charge in [-0.1, -0.05) is 0 Å². The van der Waals surface area contributed by atoms with E-state index >= 15 is 0 Å². The molecule has 0 fully saturated rings. The zero-order chi connectivity index (χ0) is 11.3. The maximum Gasteiger partial charge on any atom is 0.217 e. The van der Waals surface area contributed by atoms with Crippen LogP contribution < -0.4 is 0 Å². The van der Waals surface area contributed by atoms with E-state index in [1.54, 1.807) is 13.8 Å². The summed E-state index contributed by atoms with van der Waals surface area (Å²) in [6.45, 7) is 4.27. The summed E-state index contributed by atoms with van der Waals surface area (Å²) in [6, 6.07) is 0. The molecule has 15 heavy (non-hydrogen) atoms. The predicted molar refractivity (Wildman–Crippen MR) is 53.6 cm³/mol. The Morgan fingerprint density at radius 3 is 2.73 bits per heavy atom. The molecule has 0 aromatic rings. The molecule has 0 saturated heterocycles. The van der Waals surface area contributed by atoms with Gasteiger partial charge in [0.2, 0.25) is 5.88 Å². The van der Waals surface area contributed by atoms with Crippen LogP contribution in [0, 0.1) is 0 Å². The first-order valence-corrected chi connectivity index (χ1v) is 4.76. The van der Waals surface area contributed by atoms with Crippen molar-refractivity contribution in [3.05, 3.63) is 12.0 Å². The van der Waals surface area contributed by atoms with Crippen molar-refractivity contribution in [3.63, 3.8) is 0 Å². The van der Waals surface area contributed by atoms with Gasteiger partial charge in [-0.05, 0) is 13.8 Å². The quantitative estimate of drug-likeness (QED) is 0.621. The molecule has 0 aliphatic carbocycles. The smallest absolute Gasteiger partial charge is 0.217 e. The Labute approximate surface area is 87.8 Å². The summed E-state index contributed by atoms with van der Waals surface area (Å²) in [6.07, 6.45) is 0.887. The Morgan fingerprint density at radius 1 is 1.47 bits per heavy atom. The number of rotatable bonds is 5. The van der Waals surface area contributed by atoms with Gasteiger partial charge in [0, 0.05) is 12.7 Å². The second kappa shape index (κ2) is 5.41. The van der Waals surface area contributed by atoms with Crippen LogP contribution in [-0.4, -0.2) is 37.1 Å². The molecule has 1 aliphatic rings. The summed E-state index contributed by atoms with van der Waals surface area (Å²) in [5.41, 5.74) is 0.0628. The number of ketones is 1. The van der Waals surface area contributed by atoms with Crippen molar-refractivity contribution >= 4 is 17.8 Å². The molecule has 82 valence electrons. The van der Waals surface area contributed by atoms with Crippen molar-refractivity contribution in [2.45, 2.75) is 20.0 Å². The van der Waals surface area contributed by atoms with E-state index in [1.165, 1.54) is 6.08 Å². The molecular formula is C10H13NO4. The normalized spacial score (nSPS) is 20.7. The van der Waals surface area contributed by atoms with Crippen LogP contribution >= 0.6 is 0 Å². The molecule has 5 heteroatoms. The van der Waals surface area contributed by atoms with E-state index in [2.05, 4.69) is 4.99 Å². The van der Waals surface area contributed by atoms with Crippen molar-refractivity contribution in [2.24, 2.45) is 4.99 Å². The summed E-state index contributed by atoms with van der Waals surface area (Å²) in [5.74, 6) is -0.141. The minimum atomic E-state index is -0.878. The standard InChI is InChI=1S/C10H13NO4/c1-3-14-9-5-8(13)10(15-4-2)7(6-12)11-9/h5-6,10H,3-4H2,1-2H3. The molecule has 1 aliphatic heterocycles. The van der Waals surface area contributed by atoms with Crippen LogP contribution in [0.15, 0.2) is 17.0 Å². The van der Waals surface area contributed by atoms with Crippen molar-refractivity contribution in [2.75, 3.05) is 13.2 Å². The lowest BCUT2D eigenvalue weighted by Crippen LogP contribution is -2.35. The zero-order valence-electron chi connectivity index (χ0n) is 8.73. The second-order valence-electron chi connectivity index (χ2n) is 2.81. The first-order chi connectivity index (χ1) is 7.22. The Morgan fingerprint density at radius 2 is 2.20 bits per heavy atom. The number of hydrogen-bond donors (Lipinski definition) is 0. The molecule has 0 bridgehead atoms. The fraction of sp³-hybridized carbons (Fsp3) is 0.500. The van der Waals surface area contributed by atoms with E-state index in [4.69, 9.17) is 9.47 Å². The molecule has 0 N–H and O–H groups in total. The minimum absolute atomic E-state index is 0.0628. The highest BCUT2D eigenvalue weighted by atomic mass is 16.5. The number of aldehydes is 1. The summed E-state index contributed by atoms with van der Waals surface area (Å²) in [4.78, 5) is 26.1. The summed E-state index contributed by atoms with van der Waals surface area (Å²) in [5, 5.41) is 0. The highest BCUT2D eigenvalue weighted by molar-refractivity contribution is 6.38. The van der Waals surface area contributed by atoms with Crippen LogP contribution in [0.3, 0.4) is 0 Å². The number of carbonyl (C=O) groups excluding carboxylic acids is 2. The molecule has 0 amide bonds. The third-order valence-corrected chi connectivity index (χ3v) is 1.78. The molecule has 0 saturated carbocycles. The lowest BCUT2D eigenvalue weighted by atomic mass is 10.1. The van der Waals surface area contributed by atoms with Gasteiger partial charge >= 0.3 is 0 Å². The second-order valence-corrected chi connectivity index (χ2v) is 2.81. The fourth-order valence-electron chi connectivity index (χ4n) is 1.21. The Bertz CT molecular complexity index is 319. The zero-order valence-corrected chi connectivity index (χ0v) is 8.73. The van der Waals surface area contributed by atoms with Crippen LogP contribution in [0.25, 0.3) is 0 Å². The Kier molecular flexibility index (Phi) is 4.17. The van der Waals surface area contributed by atoms with E-state index in [1.807, 2.05) is 0 Å². The maximum atomic E-state index is 11.5. The van der Waals surface area contributed by atoms with Crippen molar-refractivity contribution in [1.82, 2.24) is 0 Å². The van der Waals surface area contributed by atoms with Gasteiger partial charge in [0.05, 0.1) is 6.61 Å². The van der Waals surface area contributed by atoms with E-state index in [0.717, 1.165) is 0 Å². The van der Waals surface area contributed by atoms with Gasteiger partial charge in [-0.3, -0.25) is 9.59 Å². The fourth-order valence-corrected chi connectivity index (χ4v) is 1.21. The molecule has 0 spiro atoms. The average molecular weight is 211 g/mol. The number of ether oxygens (including phenoxy) is 2. The first-order valence-electron chi connectivity index (χ1n) is 4.76. The van der Waals surface area contributed by atoms with Crippen LogP contribution in [-0.2, 0) is 19.1 Å². The molecular weight excluding hydrogens is 198 g/mol. The largest absolute Gasteiger partial charge is 0.478 e. The van der Waals surface area contributed by atoms with Gasteiger partial charge in [0.1, 0.15) is 5.71 Å². The summed E-state index contributed by atoms with van der Waals surface area (Å²) >= 11 is 0. The third kappa shape index (κ3) is 2.73. The Hall–Kier alpha value is -1.49. The highest BCUT2D eigenvalue weighted by Crippen LogP contribution is 2.12. The van der Waals surface area contributed by atoms with Crippen molar-refractivity contribution in [3.8, 4) is 0 Å². The van der Waals surface area contributed by atoms with Crippen LogP contribution in [0.5, 0.6) is 0 Å². The van der Waals surface area contributed by atoms with Gasteiger partial charge in [0.15, 0.2) is 18.2 Å². The van der Waals surface area contributed by atoms with Crippen LogP contribution in [0.2, 0.25) is 0 Å². The topological polar surface area (TPSA) is 65.0 Å². The molecule has 0 aromatic carbocycles. The molecule has 0 radical (unpaired) electrons. The van der Waals surface area contributed by atoms with Gasteiger partial charge in [0.25, 0.3) is 0 Å². The lowest BCUT2D eigenvalue weighted by Gasteiger charge is -2.17. The van der Waals surface area contributed by atoms with E-state index < -0.39 is 6.10 Å². The Balaban J connectivity index is 2.87.